The summed E-state index contributed by atoms with van der Waals surface area (Å²) in [5.41, 5.74) is 1.00. The predicted octanol–water partition coefficient (Wildman–Crippen LogP) is 3.86. The van der Waals surface area contributed by atoms with Crippen molar-refractivity contribution in [1.82, 2.24) is 4.90 Å². The van der Waals surface area contributed by atoms with Crippen molar-refractivity contribution in [3.63, 3.8) is 0 Å². The minimum absolute atomic E-state index is 0.0168. The van der Waals surface area contributed by atoms with E-state index < -0.39 is 12.2 Å². The second kappa shape index (κ2) is 7.71. The zero-order valence-electron chi connectivity index (χ0n) is 15.8. The van der Waals surface area contributed by atoms with Crippen LogP contribution in [0.5, 0.6) is 11.5 Å². The highest BCUT2D eigenvalue weighted by Crippen LogP contribution is 2.37. The van der Waals surface area contributed by atoms with E-state index in [2.05, 4.69) is 0 Å². The van der Waals surface area contributed by atoms with Crippen LogP contribution in [0.1, 0.15) is 21.5 Å². The molecule has 1 amide bonds. The van der Waals surface area contributed by atoms with Crippen LogP contribution in [0.2, 0.25) is 0 Å². The van der Waals surface area contributed by atoms with E-state index in [1.54, 1.807) is 12.1 Å². The second-order valence-corrected chi connectivity index (χ2v) is 6.58. The van der Waals surface area contributed by atoms with E-state index in [1.807, 2.05) is 11.9 Å². The molecular weight excluding hydrogens is 373 g/mol. The number of carbonyl (C=O) groups excluding carboxylic acids is 1. The molecule has 0 unspecified atom stereocenters. The van der Waals surface area contributed by atoms with E-state index in [4.69, 9.17) is 9.47 Å². The minimum atomic E-state index is -4.89. The molecule has 3 rings (SSSR count). The van der Waals surface area contributed by atoms with Gasteiger partial charge < -0.3 is 14.4 Å². The zero-order valence-corrected chi connectivity index (χ0v) is 15.8. The van der Waals surface area contributed by atoms with Crippen molar-refractivity contribution < 1.29 is 27.4 Å². The van der Waals surface area contributed by atoms with Crippen LogP contribution in [-0.4, -0.2) is 44.9 Å². The first-order chi connectivity index (χ1) is 13.3. The van der Waals surface area contributed by atoms with Gasteiger partial charge in [0.2, 0.25) is 0 Å². The Morgan fingerprint density at radius 1 is 1.14 bits per heavy atom. The molecule has 28 heavy (non-hydrogen) atoms. The molecule has 1 heterocycles. The van der Waals surface area contributed by atoms with Gasteiger partial charge in [0.25, 0.3) is 5.91 Å². The van der Waals surface area contributed by atoms with E-state index in [0.717, 1.165) is 5.56 Å². The highest BCUT2D eigenvalue weighted by molar-refractivity contribution is 6.08. The molecule has 2 aromatic carbocycles. The smallest absolute Gasteiger partial charge is 0.491 e. The quantitative estimate of drug-likeness (QED) is 0.739. The van der Waals surface area contributed by atoms with Gasteiger partial charge in [-0.25, -0.2) is 4.90 Å². The molecule has 0 saturated carbocycles. The molecule has 0 radical (unpaired) electrons. The van der Waals surface area contributed by atoms with E-state index in [-0.39, 0.29) is 21.9 Å². The fraction of sp³-hybridized carbons (Fsp3) is 0.350. The molecule has 0 fully saturated rings. The summed E-state index contributed by atoms with van der Waals surface area (Å²) < 4.78 is 52.2. The molecule has 0 aromatic heterocycles. The molecular formula is C20H21F3N2O3. The normalized spacial score (nSPS) is 14.4. The number of alkyl halides is 3. The van der Waals surface area contributed by atoms with E-state index >= 15 is 0 Å². The van der Waals surface area contributed by atoms with E-state index in [9.17, 15) is 18.0 Å². The van der Waals surface area contributed by atoms with Gasteiger partial charge in [0.15, 0.2) is 0 Å². The van der Waals surface area contributed by atoms with Crippen LogP contribution in [0, 0.1) is 0 Å². The summed E-state index contributed by atoms with van der Waals surface area (Å²) in [6.45, 7) is 1.16. The number of benzene rings is 2. The lowest BCUT2D eigenvalue weighted by atomic mass is 9.97. The molecule has 5 nitrogen and oxygen atoms in total. The van der Waals surface area contributed by atoms with Gasteiger partial charge in [-0.05, 0) is 42.8 Å². The number of fused-ring (bicyclic) bond motifs is 1. The molecule has 1 aliphatic heterocycles. The molecule has 2 aromatic rings. The third-order valence-electron chi connectivity index (χ3n) is 4.77. The standard InChI is InChI=1S/C20H21F3N2O3/c1-24-10-9-15-13(12-24)5-4-6-17(15)25(20(21,22)23)19(26)16-8-7-14(27-2)11-18(16)28-3/h4-8,11H,9-10,12H2,1-3H3. The number of likely N-dealkylation sites (N-methyl/N-ethyl adjacent to an activating group) is 1. The number of carbonyl (C=O) groups is 1. The first-order valence-corrected chi connectivity index (χ1v) is 8.69. The molecule has 0 saturated heterocycles. The molecule has 0 spiro atoms. The van der Waals surface area contributed by atoms with Crippen LogP contribution in [-0.2, 0) is 13.0 Å². The fourth-order valence-corrected chi connectivity index (χ4v) is 3.40. The molecule has 0 aliphatic carbocycles. The number of halogens is 3. The summed E-state index contributed by atoms with van der Waals surface area (Å²) in [5.74, 6) is -0.797. The molecule has 150 valence electrons. The third kappa shape index (κ3) is 3.77. The van der Waals surface area contributed by atoms with Crippen LogP contribution in [0.15, 0.2) is 36.4 Å². The number of methoxy groups -OCH3 is 2. The van der Waals surface area contributed by atoms with Crippen molar-refractivity contribution in [2.75, 3.05) is 32.7 Å². The van der Waals surface area contributed by atoms with E-state index in [0.29, 0.717) is 30.8 Å². The Balaban J connectivity index is 2.11. The summed E-state index contributed by atoms with van der Waals surface area (Å²) in [6.07, 6.45) is -4.46. The van der Waals surface area contributed by atoms with Gasteiger partial charge in [0, 0.05) is 19.2 Å². The van der Waals surface area contributed by atoms with Gasteiger partial charge in [0.1, 0.15) is 11.5 Å². The van der Waals surface area contributed by atoms with Crippen LogP contribution < -0.4 is 14.4 Å². The molecule has 8 heteroatoms. The van der Waals surface area contributed by atoms with Gasteiger partial charge in [-0.2, -0.15) is 0 Å². The topological polar surface area (TPSA) is 42.0 Å². The van der Waals surface area contributed by atoms with E-state index in [1.165, 1.54) is 38.5 Å². The SMILES string of the molecule is COc1ccc(C(=O)N(c2cccc3c2CCN(C)C3)C(F)(F)F)c(OC)c1. The molecule has 0 atom stereocenters. The first kappa shape index (κ1) is 20.0. The van der Waals surface area contributed by atoms with Gasteiger partial charge in [0.05, 0.1) is 25.5 Å². The summed E-state index contributed by atoms with van der Waals surface area (Å²) in [7, 11) is 4.62. The lowest BCUT2D eigenvalue weighted by molar-refractivity contribution is -0.122. The Hall–Kier alpha value is -2.74. The number of amides is 1. The predicted molar refractivity (Wildman–Crippen MR) is 98.9 cm³/mol. The summed E-state index contributed by atoms with van der Waals surface area (Å²) >= 11 is 0. The van der Waals surface area contributed by atoms with Crippen molar-refractivity contribution in [3.8, 4) is 11.5 Å². The lowest BCUT2D eigenvalue weighted by Crippen LogP contribution is -2.44. The highest BCUT2D eigenvalue weighted by atomic mass is 19.4. The Morgan fingerprint density at radius 2 is 1.89 bits per heavy atom. The second-order valence-electron chi connectivity index (χ2n) is 6.58. The van der Waals surface area contributed by atoms with Gasteiger partial charge >= 0.3 is 6.30 Å². The number of hydrogen-bond donors (Lipinski definition) is 0. The number of rotatable bonds is 4. The van der Waals surface area contributed by atoms with Crippen LogP contribution in [0.3, 0.4) is 0 Å². The highest BCUT2D eigenvalue weighted by Gasteiger charge is 2.44. The zero-order chi connectivity index (χ0) is 20.5. The summed E-state index contributed by atoms with van der Waals surface area (Å²) in [5, 5.41) is 0. The minimum Gasteiger partial charge on any atom is -0.497 e. The Kier molecular flexibility index (Phi) is 5.51. The average Bonchev–Trinajstić information content (AvgIpc) is 2.66. The molecule has 0 bridgehead atoms. The van der Waals surface area contributed by atoms with Crippen molar-refractivity contribution in [1.29, 1.82) is 0 Å². The maximum Gasteiger partial charge on any atom is 0.491 e. The monoisotopic (exact) mass is 394 g/mol. The van der Waals surface area contributed by atoms with Crippen molar-refractivity contribution in [3.05, 3.63) is 53.1 Å². The summed E-state index contributed by atoms with van der Waals surface area (Å²) in [4.78, 5) is 14.9. The van der Waals surface area contributed by atoms with Crippen LogP contribution in [0.4, 0.5) is 18.9 Å². The average molecular weight is 394 g/mol. The van der Waals surface area contributed by atoms with Crippen molar-refractivity contribution in [2.24, 2.45) is 0 Å². The lowest BCUT2D eigenvalue weighted by Gasteiger charge is -2.32. The maximum absolute atomic E-state index is 14.0. The largest absolute Gasteiger partial charge is 0.497 e. The Bertz CT molecular complexity index is 883. The van der Waals surface area contributed by atoms with Crippen LogP contribution in [0.25, 0.3) is 0 Å². The van der Waals surface area contributed by atoms with Gasteiger partial charge in [-0.1, -0.05) is 12.1 Å². The number of ether oxygens (including phenoxy) is 2. The molecule has 1 aliphatic rings. The van der Waals surface area contributed by atoms with Crippen molar-refractivity contribution >= 4 is 11.6 Å². The number of hydrogen-bond acceptors (Lipinski definition) is 4. The van der Waals surface area contributed by atoms with Crippen molar-refractivity contribution in [2.45, 2.75) is 19.3 Å². The first-order valence-electron chi connectivity index (χ1n) is 8.69. The Morgan fingerprint density at radius 3 is 2.54 bits per heavy atom. The maximum atomic E-state index is 14.0. The van der Waals surface area contributed by atoms with Gasteiger partial charge in [-0.3, -0.25) is 4.79 Å². The number of nitrogens with zero attached hydrogens (tertiary/aromatic N) is 2. The Labute approximate surface area is 161 Å². The third-order valence-corrected chi connectivity index (χ3v) is 4.77. The van der Waals surface area contributed by atoms with Gasteiger partial charge in [-0.15, -0.1) is 13.2 Å². The fourth-order valence-electron chi connectivity index (χ4n) is 3.40. The summed E-state index contributed by atoms with van der Waals surface area (Å²) in [6, 6.07) is 8.77. The molecule has 0 N–H and O–H groups in total. The van der Waals surface area contributed by atoms with Crippen LogP contribution >= 0.6 is 0 Å². The number of anilines is 1.